The molecule has 0 fully saturated rings. The number of hydrogen-bond donors (Lipinski definition) is 4. The van der Waals surface area contributed by atoms with E-state index in [0.29, 0.717) is 12.2 Å². The lowest BCUT2D eigenvalue weighted by molar-refractivity contribution is -0.115. The molecule has 7 nitrogen and oxygen atoms in total. The Bertz CT molecular complexity index is 761. The minimum absolute atomic E-state index is 0.0956. The van der Waals surface area contributed by atoms with Crippen LogP contribution >= 0.6 is 0 Å². The summed E-state index contributed by atoms with van der Waals surface area (Å²) >= 11 is 0. The number of H-pyrrole nitrogens is 1. The Morgan fingerprint density at radius 3 is 2.75 bits per heavy atom. The standard InChI is InChI=1S/C17H21N5O2/c1-10-4-3-5-11(2)15(10)20-14(23)9-19-17(24)16-12-8-18-7-6-13(12)21-22-16/h3-5,18H,6-9H2,1-2H3,(H,19,24)(H,20,23)(H,21,22). The normalized spacial score (nSPS) is 13.2. The largest absolute Gasteiger partial charge is 0.342 e. The molecule has 1 aromatic heterocycles. The molecule has 0 atom stereocenters. The number of nitrogens with one attached hydrogen (secondary N) is 4. The Balaban J connectivity index is 1.60. The van der Waals surface area contributed by atoms with Gasteiger partial charge in [-0.25, -0.2) is 0 Å². The summed E-state index contributed by atoms with van der Waals surface area (Å²) in [7, 11) is 0. The first kappa shape index (κ1) is 16.2. The first-order valence-electron chi connectivity index (χ1n) is 7.97. The van der Waals surface area contributed by atoms with Gasteiger partial charge in [-0.1, -0.05) is 18.2 Å². The van der Waals surface area contributed by atoms with E-state index in [1.165, 1.54) is 0 Å². The number of fused-ring (bicyclic) bond motifs is 1. The molecule has 2 aromatic rings. The fourth-order valence-electron chi connectivity index (χ4n) is 2.85. The van der Waals surface area contributed by atoms with E-state index in [4.69, 9.17) is 0 Å². The van der Waals surface area contributed by atoms with Gasteiger partial charge in [0.2, 0.25) is 5.91 Å². The van der Waals surface area contributed by atoms with Gasteiger partial charge in [-0.3, -0.25) is 14.7 Å². The number of para-hydroxylation sites is 1. The highest BCUT2D eigenvalue weighted by Gasteiger charge is 2.21. The summed E-state index contributed by atoms with van der Waals surface area (Å²) in [4.78, 5) is 24.4. The molecule has 7 heteroatoms. The molecule has 0 saturated heterocycles. The van der Waals surface area contributed by atoms with Gasteiger partial charge in [-0.05, 0) is 25.0 Å². The summed E-state index contributed by atoms with van der Waals surface area (Å²) in [5.74, 6) is -0.601. The SMILES string of the molecule is Cc1cccc(C)c1NC(=O)CNC(=O)c1n[nH]c2c1CNCC2. The Labute approximate surface area is 140 Å². The van der Waals surface area contributed by atoms with Crippen molar-refractivity contribution in [3.63, 3.8) is 0 Å². The van der Waals surface area contributed by atoms with Crippen LogP contribution < -0.4 is 16.0 Å². The number of carbonyl (C=O) groups excluding carboxylic acids is 2. The molecule has 0 saturated carbocycles. The lowest BCUT2D eigenvalue weighted by Crippen LogP contribution is -2.34. The van der Waals surface area contributed by atoms with E-state index >= 15 is 0 Å². The molecule has 1 aliphatic heterocycles. The van der Waals surface area contributed by atoms with Crippen molar-refractivity contribution in [2.24, 2.45) is 0 Å². The molecule has 0 radical (unpaired) electrons. The molecule has 126 valence electrons. The van der Waals surface area contributed by atoms with Crippen molar-refractivity contribution in [2.45, 2.75) is 26.8 Å². The van der Waals surface area contributed by atoms with Crippen molar-refractivity contribution in [3.05, 3.63) is 46.3 Å². The first-order valence-corrected chi connectivity index (χ1v) is 7.97. The summed E-state index contributed by atoms with van der Waals surface area (Å²) in [6, 6.07) is 5.81. The number of hydrogen-bond acceptors (Lipinski definition) is 4. The number of aryl methyl sites for hydroxylation is 2. The molecule has 24 heavy (non-hydrogen) atoms. The van der Waals surface area contributed by atoms with Crippen molar-refractivity contribution in [2.75, 3.05) is 18.4 Å². The van der Waals surface area contributed by atoms with Gasteiger partial charge in [-0.2, -0.15) is 5.10 Å². The number of carbonyl (C=O) groups is 2. The predicted molar refractivity (Wildman–Crippen MR) is 90.9 cm³/mol. The second kappa shape index (κ2) is 6.84. The molecule has 3 rings (SSSR count). The Morgan fingerprint density at radius 1 is 1.25 bits per heavy atom. The average Bonchev–Trinajstić information content (AvgIpc) is 3.00. The number of nitrogens with zero attached hydrogens (tertiary/aromatic N) is 1. The average molecular weight is 327 g/mol. The van der Waals surface area contributed by atoms with E-state index in [1.54, 1.807) is 0 Å². The molecule has 1 aliphatic rings. The number of aromatic nitrogens is 2. The first-order chi connectivity index (χ1) is 11.6. The second-order valence-corrected chi connectivity index (χ2v) is 5.95. The summed E-state index contributed by atoms with van der Waals surface area (Å²) in [5.41, 5.74) is 4.99. The van der Waals surface area contributed by atoms with E-state index in [0.717, 1.165) is 41.0 Å². The number of anilines is 1. The third kappa shape index (κ3) is 3.30. The molecular formula is C17H21N5O2. The van der Waals surface area contributed by atoms with Crippen LogP contribution in [-0.4, -0.2) is 35.1 Å². The van der Waals surface area contributed by atoms with Gasteiger partial charge in [0.15, 0.2) is 5.69 Å². The van der Waals surface area contributed by atoms with Crippen LogP contribution in [0.5, 0.6) is 0 Å². The van der Waals surface area contributed by atoms with Crippen molar-refractivity contribution < 1.29 is 9.59 Å². The summed E-state index contributed by atoms with van der Waals surface area (Å²) in [6.07, 6.45) is 0.822. The molecule has 0 aliphatic carbocycles. The zero-order valence-corrected chi connectivity index (χ0v) is 13.8. The third-order valence-electron chi connectivity index (χ3n) is 4.18. The van der Waals surface area contributed by atoms with Crippen LogP contribution in [-0.2, 0) is 17.8 Å². The van der Waals surface area contributed by atoms with Crippen LogP contribution in [0.3, 0.4) is 0 Å². The topological polar surface area (TPSA) is 98.9 Å². The monoisotopic (exact) mass is 327 g/mol. The third-order valence-corrected chi connectivity index (χ3v) is 4.18. The van der Waals surface area contributed by atoms with Crippen LogP contribution in [0, 0.1) is 13.8 Å². The maximum absolute atomic E-state index is 12.3. The highest BCUT2D eigenvalue weighted by atomic mass is 16.2. The molecule has 0 bridgehead atoms. The smallest absolute Gasteiger partial charge is 0.272 e. The zero-order chi connectivity index (χ0) is 17.1. The van der Waals surface area contributed by atoms with Gasteiger partial charge >= 0.3 is 0 Å². The second-order valence-electron chi connectivity index (χ2n) is 5.95. The van der Waals surface area contributed by atoms with E-state index in [9.17, 15) is 9.59 Å². The summed E-state index contributed by atoms with van der Waals surface area (Å²) < 4.78 is 0. The molecule has 2 heterocycles. The van der Waals surface area contributed by atoms with Gasteiger partial charge in [0, 0.05) is 36.5 Å². The Morgan fingerprint density at radius 2 is 2.00 bits per heavy atom. The molecule has 2 amide bonds. The minimum atomic E-state index is -0.340. The summed E-state index contributed by atoms with van der Waals surface area (Å²) in [6.45, 7) is 5.26. The lowest BCUT2D eigenvalue weighted by Gasteiger charge is -2.13. The molecule has 4 N–H and O–H groups in total. The maximum Gasteiger partial charge on any atom is 0.272 e. The van der Waals surface area contributed by atoms with Crippen molar-refractivity contribution in [1.82, 2.24) is 20.8 Å². The lowest BCUT2D eigenvalue weighted by atomic mass is 10.1. The van der Waals surface area contributed by atoms with Crippen LogP contribution in [0.25, 0.3) is 0 Å². The van der Waals surface area contributed by atoms with E-state index in [2.05, 4.69) is 26.1 Å². The minimum Gasteiger partial charge on any atom is -0.342 e. The van der Waals surface area contributed by atoms with Crippen LogP contribution in [0.2, 0.25) is 0 Å². The number of benzene rings is 1. The van der Waals surface area contributed by atoms with Crippen molar-refractivity contribution >= 4 is 17.5 Å². The van der Waals surface area contributed by atoms with Crippen molar-refractivity contribution in [3.8, 4) is 0 Å². The van der Waals surface area contributed by atoms with Gasteiger partial charge in [0.1, 0.15) is 0 Å². The van der Waals surface area contributed by atoms with E-state index in [-0.39, 0.29) is 18.4 Å². The van der Waals surface area contributed by atoms with Crippen LogP contribution in [0.15, 0.2) is 18.2 Å². The number of rotatable bonds is 4. The fraction of sp³-hybridized carbons (Fsp3) is 0.353. The van der Waals surface area contributed by atoms with Gasteiger partial charge in [0.25, 0.3) is 5.91 Å². The molecule has 0 unspecified atom stereocenters. The Hall–Kier alpha value is -2.67. The molecule has 1 aromatic carbocycles. The van der Waals surface area contributed by atoms with Crippen LogP contribution in [0.1, 0.15) is 32.9 Å². The number of amides is 2. The number of aromatic amines is 1. The molecule has 0 spiro atoms. The zero-order valence-electron chi connectivity index (χ0n) is 13.8. The van der Waals surface area contributed by atoms with Crippen molar-refractivity contribution in [1.29, 1.82) is 0 Å². The van der Waals surface area contributed by atoms with Gasteiger partial charge < -0.3 is 16.0 Å². The van der Waals surface area contributed by atoms with E-state index in [1.807, 2.05) is 32.0 Å². The Kier molecular flexibility index (Phi) is 4.61. The summed E-state index contributed by atoms with van der Waals surface area (Å²) in [5, 5.41) is 15.7. The molecular weight excluding hydrogens is 306 g/mol. The highest BCUT2D eigenvalue weighted by molar-refractivity contribution is 5.99. The van der Waals surface area contributed by atoms with Crippen LogP contribution in [0.4, 0.5) is 5.69 Å². The maximum atomic E-state index is 12.3. The quantitative estimate of drug-likeness (QED) is 0.674. The van der Waals surface area contributed by atoms with Gasteiger partial charge in [-0.15, -0.1) is 0 Å². The van der Waals surface area contributed by atoms with E-state index < -0.39 is 0 Å². The predicted octanol–water partition coefficient (Wildman–Crippen LogP) is 1.04. The fourth-order valence-corrected chi connectivity index (χ4v) is 2.85. The highest BCUT2D eigenvalue weighted by Crippen LogP contribution is 2.19. The van der Waals surface area contributed by atoms with Gasteiger partial charge in [0.05, 0.1) is 6.54 Å².